The number of nitrogens with zero attached hydrogens (tertiary/aromatic N) is 1. The highest BCUT2D eigenvalue weighted by atomic mass is 32.1. The second kappa shape index (κ2) is 14.0. The van der Waals surface area contributed by atoms with E-state index in [4.69, 9.17) is 0 Å². The van der Waals surface area contributed by atoms with Crippen molar-refractivity contribution in [1.82, 2.24) is 15.2 Å². The van der Waals surface area contributed by atoms with Gasteiger partial charge in [0.15, 0.2) is 12.3 Å². The molecule has 0 bridgehead atoms. The van der Waals surface area contributed by atoms with E-state index in [1.807, 2.05) is 11.3 Å². The van der Waals surface area contributed by atoms with Gasteiger partial charge in [0.2, 0.25) is 0 Å². The van der Waals surface area contributed by atoms with Crippen LogP contribution < -0.4 is 16.0 Å². The molecule has 2 aromatic heterocycles. The van der Waals surface area contributed by atoms with Crippen LogP contribution in [0.2, 0.25) is 0 Å². The summed E-state index contributed by atoms with van der Waals surface area (Å²) >= 11 is 1.89. The summed E-state index contributed by atoms with van der Waals surface area (Å²) in [5.41, 5.74) is 11.2. The van der Waals surface area contributed by atoms with Crippen molar-refractivity contribution in [3.8, 4) is 27.9 Å². The van der Waals surface area contributed by atoms with Gasteiger partial charge in [0.1, 0.15) is 0 Å². The highest BCUT2D eigenvalue weighted by molar-refractivity contribution is 7.26. The number of benzene rings is 6. The molecule has 0 amide bonds. The molecule has 56 heavy (non-hydrogen) atoms. The fourth-order valence-corrected chi connectivity index (χ4v) is 10.4. The van der Waals surface area contributed by atoms with Gasteiger partial charge in [0.05, 0.1) is 17.2 Å². The Morgan fingerprint density at radius 2 is 1.38 bits per heavy atom. The number of hydrogen-bond acceptors (Lipinski definition) is 3. The molecule has 4 atom stereocenters. The summed E-state index contributed by atoms with van der Waals surface area (Å²) in [6, 6.07) is 49.6. The minimum Gasteiger partial charge on any atom is -0.309 e. The molecule has 4 unspecified atom stereocenters. The van der Waals surface area contributed by atoms with Crippen molar-refractivity contribution in [3.63, 3.8) is 0 Å². The highest BCUT2D eigenvalue weighted by Crippen LogP contribution is 2.42. The first kappa shape index (κ1) is 33.5. The molecule has 6 aromatic carbocycles. The number of nitrogens with two attached hydrogens (primary N) is 1. The van der Waals surface area contributed by atoms with Crippen molar-refractivity contribution in [3.05, 3.63) is 187 Å². The van der Waals surface area contributed by atoms with Crippen molar-refractivity contribution in [2.75, 3.05) is 0 Å². The third kappa shape index (κ3) is 5.87. The zero-order valence-corrected chi connectivity index (χ0v) is 31.9. The summed E-state index contributed by atoms with van der Waals surface area (Å²) < 4.78 is 5.13. The summed E-state index contributed by atoms with van der Waals surface area (Å²) in [5.74, 6) is 0.403. The Hall–Kier alpha value is -5.82. The van der Waals surface area contributed by atoms with E-state index in [1.54, 1.807) is 0 Å². The highest BCUT2D eigenvalue weighted by Gasteiger charge is 2.36. The number of nitrogens with one attached hydrogen (secondary N) is 2. The van der Waals surface area contributed by atoms with Gasteiger partial charge in [0, 0.05) is 53.7 Å². The Morgan fingerprint density at radius 1 is 0.607 bits per heavy atom. The minimum absolute atomic E-state index is 0.126. The minimum atomic E-state index is 0.126. The summed E-state index contributed by atoms with van der Waals surface area (Å²) in [6.07, 6.45) is 19.8. The molecule has 0 radical (unpaired) electrons. The number of aromatic nitrogens is 1. The van der Waals surface area contributed by atoms with E-state index in [1.165, 1.54) is 81.1 Å². The number of rotatable bonds is 6. The lowest BCUT2D eigenvalue weighted by Gasteiger charge is -2.39. The summed E-state index contributed by atoms with van der Waals surface area (Å²) in [6.45, 7) is 0. The van der Waals surface area contributed by atoms with Crippen LogP contribution in [0.3, 0.4) is 0 Å². The van der Waals surface area contributed by atoms with Crippen LogP contribution in [0.15, 0.2) is 182 Å². The first-order chi connectivity index (χ1) is 27.7. The van der Waals surface area contributed by atoms with Gasteiger partial charge in [-0.3, -0.25) is 0 Å². The standard InChI is InChI=1S/C51H42N4S/c1-4-13-33(14-5-1)37-25-29-45-43(31-37)44-32-38(40-20-12-21-42-41-19-10-11-22-47(41)56-48(40)42)26-30-46(44)55(45)39-27-23-36(24-28-39)51-53-49(34-15-6-2-7-16-34)52-50(54-51)35-17-8-3-9-18-35/h1-2,4-8,10-15,17-32,34,49-54H,3,9,16H2/p+1. The molecule has 3 aliphatic rings. The van der Waals surface area contributed by atoms with E-state index in [0.29, 0.717) is 5.92 Å². The lowest BCUT2D eigenvalue weighted by molar-refractivity contribution is -0.741. The van der Waals surface area contributed by atoms with E-state index < -0.39 is 0 Å². The topological polar surface area (TPSA) is 45.6 Å². The quantitative estimate of drug-likeness (QED) is 0.159. The fraction of sp³-hybridized carbons (Fsp3) is 0.137. The zero-order valence-electron chi connectivity index (χ0n) is 31.1. The SMILES string of the molecule is C1=CCC(C2NC(C3=CCCC=C3)[NH2+]C(c3ccc(-n4c5ccc(-c6ccccc6)cc5c5cc(-c6cccc7c6sc6ccccc67)ccc54)cc3)N2)C=C1. The van der Waals surface area contributed by atoms with Crippen molar-refractivity contribution < 1.29 is 5.32 Å². The smallest absolute Gasteiger partial charge is 0.168 e. The van der Waals surface area contributed by atoms with Crippen LogP contribution in [0.4, 0.5) is 0 Å². The first-order valence-corrected chi connectivity index (χ1v) is 20.8. The van der Waals surface area contributed by atoms with E-state index in [-0.39, 0.29) is 18.5 Å². The van der Waals surface area contributed by atoms with Gasteiger partial charge in [-0.25, -0.2) is 10.6 Å². The molecule has 2 aliphatic carbocycles. The number of fused-ring (bicyclic) bond motifs is 6. The normalized spacial score (nSPS) is 21.0. The van der Waals surface area contributed by atoms with Crippen LogP contribution in [0.25, 0.3) is 69.9 Å². The molecule has 272 valence electrons. The summed E-state index contributed by atoms with van der Waals surface area (Å²) in [4.78, 5) is 0. The lowest BCUT2D eigenvalue weighted by atomic mass is 9.94. The van der Waals surface area contributed by atoms with Crippen molar-refractivity contribution in [2.45, 2.75) is 37.8 Å². The third-order valence-electron chi connectivity index (χ3n) is 12.0. The molecule has 5 heteroatoms. The van der Waals surface area contributed by atoms with E-state index in [9.17, 15) is 0 Å². The molecule has 1 saturated heterocycles. The predicted molar refractivity (Wildman–Crippen MR) is 236 cm³/mol. The lowest BCUT2D eigenvalue weighted by Crippen LogP contribution is -3.01. The molecular formula is C51H43N4S+. The van der Waals surface area contributed by atoms with Gasteiger partial charge in [-0.2, -0.15) is 0 Å². The van der Waals surface area contributed by atoms with Crippen LogP contribution >= 0.6 is 11.3 Å². The third-order valence-corrected chi connectivity index (χ3v) is 13.2. The molecule has 4 nitrogen and oxygen atoms in total. The van der Waals surface area contributed by atoms with Gasteiger partial charge < -0.3 is 9.88 Å². The average Bonchev–Trinajstić information content (AvgIpc) is 3.82. The van der Waals surface area contributed by atoms with Gasteiger partial charge in [-0.15, -0.1) is 11.3 Å². The molecule has 4 N–H and O–H groups in total. The molecule has 1 aliphatic heterocycles. The molecule has 8 aromatic rings. The molecule has 0 saturated carbocycles. The molecule has 1 fully saturated rings. The van der Waals surface area contributed by atoms with Crippen LogP contribution in [-0.4, -0.2) is 16.9 Å². The number of quaternary nitrogens is 1. The maximum Gasteiger partial charge on any atom is 0.168 e. The average molecular weight is 744 g/mol. The zero-order chi connectivity index (χ0) is 37.0. The Kier molecular flexibility index (Phi) is 8.40. The maximum atomic E-state index is 3.98. The Morgan fingerprint density at radius 3 is 2.18 bits per heavy atom. The molecule has 0 spiro atoms. The first-order valence-electron chi connectivity index (χ1n) is 20.0. The Bertz CT molecular complexity index is 2890. The maximum absolute atomic E-state index is 3.98. The molecule has 3 heterocycles. The van der Waals surface area contributed by atoms with E-state index in [0.717, 1.165) is 19.3 Å². The number of thiophene rings is 1. The second-order valence-electron chi connectivity index (χ2n) is 15.4. The largest absolute Gasteiger partial charge is 0.309 e. The fourth-order valence-electron chi connectivity index (χ4n) is 9.20. The number of hydrogen-bond donors (Lipinski definition) is 3. The van der Waals surface area contributed by atoms with Gasteiger partial charge >= 0.3 is 0 Å². The molecule has 11 rings (SSSR count). The van der Waals surface area contributed by atoms with Gasteiger partial charge in [-0.1, -0.05) is 121 Å². The van der Waals surface area contributed by atoms with Gasteiger partial charge in [0.25, 0.3) is 0 Å². The Labute approximate surface area is 331 Å². The monoisotopic (exact) mass is 743 g/mol. The molecular weight excluding hydrogens is 701 g/mol. The van der Waals surface area contributed by atoms with Crippen LogP contribution in [-0.2, 0) is 0 Å². The van der Waals surface area contributed by atoms with E-state index >= 15 is 0 Å². The van der Waals surface area contributed by atoms with Gasteiger partial charge in [-0.05, 0) is 96.1 Å². The van der Waals surface area contributed by atoms with Crippen LogP contribution in [0, 0.1) is 5.92 Å². The summed E-state index contributed by atoms with van der Waals surface area (Å²) in [5, 5.41) is 15.6. The van der Waals surface area contributed by atoms with Crippen molar-refractivity contribution in [2.24, 2.45) is 5.92 Å². The van der Waals surface area contributed by atoms with Crippen LogP contribution in [0.1, 0.15) is 31.0 Å². The van der Waals surface area contributed by atoms with Crippen molar-refractivity contribution in [1.29, 1.82) is 0 Å². The second-order valence-corrected chi connectivity index (χ2v) is 16.4. The van der Waals surface area contributed by atoms with Crippen LogP contribution in [0.5, 0.6) is 0 Å². The Balaban J connectivity index is 1.01. The predicted octanol–water partition coefficient (Wildman–Crippen LogP) is 11.3. The van der Waals surface area contributed by atoms with E-state index in [2.05, 4.69) is 197 Å². The summed E-state index contributed by atoms with van der Waals surface area (Å²) in [7, 11) is 0. The van der Waals surface area contributed by atoms with Crippen molar-refractivity contribution >= 4 is 53.3 Å². The number of allylic oxidation sites excluding steroid dienone is 5.